The van der Waals surface area contributed by atoms with E-state index in [1.54, 1.807) is 6.20 Å². The van der Waals surface area contributed by atoms with Gasteiger partial charge in [-0.1, -0.05) is 164 Å². The van der Waals surface area contributed by atoms with Gasteiger partial charge in [-0.25, -0.2) is 0 Å². The largest absolute Gasteiger partial charge is 0.403 e. The van der Waals surface area contributed by atoms with Gasteiger partial charge >= 0.3 is 0 Å². The molecule has 10 rings (SSSR count). The van der Waals surface area contributed by atoms with Gasteiger partial charge in [0, 0.05) is 23.0 Å². The molecule has 9 aromatic rings. The van der Waals surface area contributed by atoms with E-state index in [-0.39, 0.29) is 0 Å². The van der Waals surface area contributed by atoms with Crippen LogP contribution in [-0.4, -0.2) is 0 Å². The van der Waals surface area contributed by atoms with Crippen LogP contribution in [0, 0.1) is 0 Å². The zero-order valence-electron chi connectivity index (χ0n) is 29.4. The fourth-order valence-corrected chi connectivity index (χ4v) is 8.66. The third kappa shape index (κ3) is 4.80. The van der Waals surface area contributed by atoms with Crippen molar-refractivity contribution in [2.24, 2.45) is 5.73 Å². The summed E-state index contributed by atoms with van der Waals surface area (Å²) in [6, 6.07) is 66.2. The zero-order valence-corrected chi connectivity index (χ0v) is 29.4. The summed E-state index contributed by atoms with van der Waals surface area (Å²) in [6.45, 7) is 2.06. The molecular weight excluding hydrogens is 641 g/mol. The highest BCUT2D eigenvalue weighted by Gasteiger charge is 2.31. The Labute approximate surface area is 309 Å². The number of nitrogens with zero attached hydrogens (tertiary/aromatic N) is 1. The molecule has 0 bridgehead atoms. The second-order valence-corrected chi connectivity index (χ2v) is 13.9. The van der Waals surface area contributed by atoms with Crippen LogP contribution in [0.3, 0.4) is 0 Å². The van der Waals surface area contributed by atoms with Gasteiger partial charge in [0.1, 0.15) is 0 Å². The van der Waals surface area contributed by atoms with Crippen LogP contribution in [-0.2, 0) is 0 Å². The van der Waals surface area contributed by atoms with Crippen LogP contribution in [0.4, 0.5) is 11.4 Å². The van der Waals surface area contributed by atoms with E-state index in [0.717, 1.165) is 17.1 Å². The minimum atomic E-state index is 0.966. The molecule has 0 fully saturated rings. The van der Waals surface area contributed by atoms with Crippen molar-refractivity contribution in [3.8, 4) is 55.6 Å². The summed E-state index contributed by atoms with van der Waals surface area (Å²) < 4.78 is 0. The Hall–Kier alpha value is -6.90. The molecule has 0 amide bonds. The van der Waals surface area contributed by atoms with E-state index in [4.69, 9.17) is 5.73 Å². The van der Waals surface area contributed by atoms with Crippen molar-refractivity contribution in [3.63, 3.8) is 0 Å². The summed E-state index contributed by atoms with van der Waals surface area (Å²) in [5.41, 5.74) is 22.0. The molecule has 1 aliphatic carbocycles. The second kappa shape index (κ2) is 12.4. The van der Waals surface area contributed by atoms with Crippen molar-refractivity contribution in [3.05, 3.63) is 194 Å². The van der Waals surface area contributed by atoms with E-state index in [9.17, 15) is 0 Å². The molecule has 0 spiro atoms. The predicted octanol–water partition coefficient (Wildman–Crippen LogP) is 13.8. The number of hydrogen-bond acceptors (Lipinski definition) is 2. The van der Waals surface area contributed by atoms with Crippen molar-refractivity contribution in [2.75, 3.05) is 4.90 Å². The highest BCUT2D eigenvalue weighted by Crippen LogP contribution is 2.58. The van der Waals surface area contributed by atoms with Gasteiger partial charge in [-0.2, -0.15) is 0 Å². The van der Waals surface area contributed by atoms with Crippen LogP contribution in [0.15, 0.2) is 194 Å². The lowest BCUT2D eigenvalue weighted by molar-refractivity contribution is 1.15. The van der Waals surface area contributed by atoms with Crippen LogP contribution in [0.1, 0.15) is 6.92 Å². The lowest BCUT2D eigenvalue weighted by Gasteiger charge is -2.27. The number of fused-ring (bicyclic) bond motifs is 5. The van der Waals surface area contributed by atoms with E-state index >= 15 is 0 Å². The van der Waals surface area contributed by atoms with Crippen LogP contribution >= 0.6 is 0 Å². The molecule has 0 aromatic heterocycles. The van der Waals surface area contributed by atoms with Gasteiger partial charge in [-0.05, 0) is 108 Å². The molecule has 2 N–H and O–H groups in total. The Bertz CT molecular complexity index is 2790. The molecule has 2 heteroatoms. The highest BCUT2D eigenvalue weighted by molar-refractivity contribution is 6.28. The second-order valence-electron chi connectivity index (χ2n) is 13.9. The van der Waals surface area contributed by atoms with Gasteiger partial charge in [0.15, 0.2) is 0 Å². The first kappa shape index (κ1) is 30.9. The van der Waals surface area contributed by atoms with E-state index in [0.29, 0.717) is 0 Å². The van der Waals surface area contributed by atoms with Crippen LogP contribution < -0.4 is 10.6 Å². The van der Waals surface area contributed by atoms with Crippen molar-refractivity contribution in [1.29, 1.82) is 0 Å². The summed E-state index contributed by atoms with van der Waals surface area (Å²) in [4.78, 5) is 2.25. The van der Waals surface area contributed by atoms with Gasteiger partial charge < -0.3 is 10.6 Å². The van der Waals surface area contributed by atoms with Gasteiger partial charge in [-0.3, -0.25) is 0 Å². The van der Waals surface area contributed by atoms with Gasteiger partial charge in [0.25, 0.3) is 0 Å². The molecule has 1 aliphatic rings. The fourth-order valence-electron chi connectivity index (χ4n) is 8.66. The lowest BCUT2D eigenvalue weighted by Crippen LogP contribution is -2.16. The Kier molecular flexibility index (Phi) is 7.23. The van der Waals surface area contributed by atoms with E-state index in [2.05, 4.69) is 194 Å². The summed E-state index contributed by atoms with van der Waals surface area (Å²) in [5.74, 6) is 0. The molecule has 0 atom stereocenters. The number of rotatable bonds is 6. The number of allylic oxidation sites excluding steroid dienone is 1. The number of hydrogen-bond donors (Lipinski definition) is 1. The molecule has 250 valence electrons. The fraction of sp³-hybridized carbons (Fsp3) is 0.0196. The molecule has 0 heterocycles. The minimum Gasteiger partial charge on any atom is -0.403 e. The summed E-state index contributed by atoms with van der Waals surface area (Å²) in [7, 11) is 0. The summed E-state index contributed by atoms with van der Waals surface area (Å²) in [5, 5.41) is 7.50. The first-order valence-electron chi connectivity index (χ1n) is 18.2. The number of benzene rings is 9. The molecule has 0 radical (unpaired) electrons. The maximum absolute atomic E-state index is 6.17. The molecule has 2 nitrogen and oxygen atoms in total. The van der Waals surface area contributed by atoms with E-state index in [1.807, 2.05) is 0 Å². The van der Waals surface area contributed by atoms with Gasteiger partial charge in [0.2, 0.25) is 0 Å². The molecule has 0 saturated heterocycles. The third-order valence-electron chi connectivity index (χ3n) is 11.0. The topological polar surface area (TPSA) is 29.3 Å². The maximum Gasteiger partial charge on any atom is 0.0537 e. The quantitative estimate of drug-likeness (QED) is 0.190. The van der Waals surface area contributed by atoms with Gasteiger partial charge in [0.05, 0.1) is 5.69 Å². The minimum absolute atomic E-state index is 0.966. The standard InChI is InChI=1S/C51H36N2/c1-33(32-52)53(46-25-12-19-34-14-8-9-20-40(34)46)38-28-26-35(27-29-38)39-30-31-45-49-41(39)23-13-24-44(49)50-47(36-15-4-2-5-16-36)42-21-10-11-22-43(42)48(51(45)50)37-17-6-3-7-18-37/h2-32H,52H2,1H3/b33-32+. The Morgan fingerprint density at radius 1 is 0.415 bits per heavy atom. The normalized spacial score (nSPS) is 12.1. The van der Waals surface area contributed by atoms with Crippen LogP contribution in [0.25, 0.3) is 88.0 Å². The van der Waals surface area contributed by atoms with Crippen molar-refractivity contribution >= 4 is 43.7 Å². The van der Waals surface area contributed by atoms with Crippen LogP contribution in [0.2, 0.25) is 0 Å². The number of anilines is 2. The van der Waals surface area contributed by atoms with Crippen LogP contribution in [0.5, 0.6) is 0 Å². The Morgan fingerprint density at radius 3 is 1.57 bits per heavy atom. The molecule has 53 heavy (non-hydrogen) atoms. The third-order valence-corrected chi connectivity index (χ3v) is 11.0. The summed E-state index contributed by atoms with van der Waals surface area (Å²) >= 11 is 0. The smallest absolute Gasteiger partial charge is 0.0537 e. The number of nitrogens with two attached hydrogens (primary N) is 1. The predicted molar refractivity (Wildman–Crippen MR) is 226 cm³/mol. The molecular formula is C51H36N2. The van der Waals surface area contributed by atoms with Gasteiger partial charge in [-0.15, -0.1) is 0 Å². The Balaban J connectivity index is 1.18. The average Bonchev–Trinajstić information content (AvgIpc) is 3.55. The van der Waals surface area contributed by atoms with Crippen molar-refractivity contribution in [1.82, 2.24) is 0 Å². The lowest BCUT2D eigenvalue weighted by atomic mass is 9.82. The maximum atomic E-state index is 6.17. The monoisotopic (exact) mass is 676 g/mol. The first-order valence-corrected chi connectivity index (χ1v) is 18.2. The molecule has 0 aliphatic heterocycles. The first-order chi connectivity index (χ1) is 26.2. The zero-order chi connectivity index (χ0) is 35.5. The average molecular weight is 677 g/mol. The Morgan fingerprint density at radius 2 is 0.925 bits per heavy atom. The van der Waals surface area contributed by atoms with Crippen molar-refractivity contribution < 1.29 is 0 Å². The van der Waals surface area contributed by atoms with Crippen molar-refractivity contribution in [2.45, 2.75) is 6.92 Å². The van der Waals surface area contributed by atoms with E-state index in [1.165, 1.54) is 88.0 Å². The molecule has 0 saturated carbocycles. The van der Waals surface area contributed by atoms with E-state index < -0.39 is 0 Å². The summed E-state index contributed by atoms with van der Waals surface area (Å²) in [6.07, 6.45) is 1.69. The molecule has 0 unspecified atom stereocenters. The molecule has 9 aromatic carbocycles. The highest BCUT2D eigenvalue weighted by atomic mass is 15.1. The SMILES string of the molecule is C/C(=C\N)N(c1ccc(-c2ccc3c4c(cccc24)-c2c-3c(-c3ccccc3)c3ccccc3c2-c2ccccc2)cc1)c1cccc2ccccc12.